The summed E-state index contributed by atoms with van der Waals surface area (Å²) in [5.74, 6) is 0.834. The second-order valence-electron chi connectivity index (χ2n) is 6.88. The smallest absolute Gasteiger partial charge is 0.227 e. The molecule has 3 heterocycles. The van der Waals surface area contributed by atoms with Crippen molar-refractivity contribution < 1.29 is 9.32 Å². The molecule has 1 atom stereocenters. The molecule has 0 spiro atoms. The first-order valence-electron chi connectivity index (χ1n) is 8.94. The Balaban J connectivity index is 1.59. The molecular formula is C20H22N4O2. The van der Waals surface area contributed by atoms with Crippen LogP contribution in [0.1, 0.15) is 41.4 Å². The molecule has 0 radical (unpaired) electrons. The van der Waals surface area contributed by atoms with Gasteiger partial charge in [0, 0.05) is 12.6 Å². The van der Waals surface area contributed by atoms with Crippen molar-refractivity contribution in [2.45, 2.75) is 39.2 Å². The maximum Gasteiger partial charge on any atom is 0.227 e. The Kier molecular flexibility index (Phi) is 4.32. The third kappa shape index (κ3) is 3.03. The molecule has 1 saturated heterocycles. The van der Waals surface area contributed by atoms with Crippen LogP contribution in [-0.4, -0.2) is 32.7 Å². The van der Waals surface area contributed by atoms with Crippen molar-refractivity contribution in [2.24, 2.45) is 0 Å². The van der Waals surface area contributed by atoms with Crippen molar-refractivity contribution in [1.82, 2.24) is 20.3 Å². The normalized spacial score (nSPS) is 17.0. The van der Waals surface area contributed by atoms with Gasteiger partial charge in [0.05, 0.1) is 35.6 Å². The first-order chi connectivity index (χ1) is 12.6. The number of rotatable bonds is 4. The number of carbonyl (C=O) groups is 1. The highest BCUT2D eigenvalue weighted by atomic mass is 16.5. The van der Waals surface area contributed by atoms with E-state index in [9.17, 15) is 4.79 Å². The lowest BCUT2D eigenvalue weighted by molar-refractivity contribution is -0.131. The Labute approximate surface area is 152 Å². The van der Waals surface area contributed by atoms with Crippen LogP contribution in [0.4, 0.5) is 0 Å². The Morgan fingerprint density at radius 1 is 1.35 bits per heavy atom. The van der Waals surface area contributed by atoms with Crippen LogP contribution in [0.25, 0.3) is 11.3 Å². The number of nitrogens with one attached hydrogen (secondary N) is 1. The second-order valence-corrected chi connectivity index (χ2v) is 6.88. The fraction of sp³-hybridized carbons (Fsp3) is 0.350. The number of amides is 1. The van der Waals surface area contributed by atoms with Crippen LogP contribution in [0.15, 0.2) is 41.1 Å². The fourth-order valence-electron chi connectivity index (χ4n) is 3.68. The number of carbonyl (C=O) groups excluding carboxylic acids is 1. The fourth-order valence-corrected chi connectivity index (χ4v) is 3.68. The van der Waals surface area contributed by atoms with Crippen LogP contribution < -0.4 is 0 Å². The second kappa shape index (κ2) is 6.78. The maximum absolute atomic E-state index is 13.0. The van der Waals surface area contributed by atoms with Gasteiger partial charge in [-0.3, -0.25) is 9.89 Å². The average Bonchev–Trinajstić information content (AvgIpc) is 3.35. The molecule has 1 aliphatic rings. The molecule has 1 fully saturated rings. The summed E-state index contributed by atoms with van der Waals surface area (Å²) in [5, 5.41) is 11.2. The summed E-state index contributed by atoms with van der Waals surface area (Å²) in [5.41, 5.74) is 4.86. The lowest BCUT2D eigenvalue weighted by Crippen LogP contribution is -2.32. The van der Waals surface area contributed by atoms with Crippen molar-refractivity contribution in [3.05, 3.63) is 59.0 Å². The summed E-state index contributed by atoms with van der Waals surface area (Å²) < 4.78 is 5.40. The number of benzene rings is 1. The highest BCUT2D eigenvalue weighted by molar-refractivity contribution is 5.80. The monoisotopic (exact) mass is 350 g/mol. The van der Waals surface area contributed by atoms with Crippen molar-refractivity contribution in [3.8, 4) is 11.3 Å². The topological polar surface area (TPSA) is 75.0 Å². The number of likely N-dealkylation sites (tertiary alicyclic amines) is 1. The largest absolute Gasteiger partial charge is 0.356 e. The minimum atomic E-state index is -0.00516. The maximum atomic E-state index is 13.0. The quantitative estimate of drug-likeness (QED) is 0.780. The summed E-state index contributed by atoms with van der Waals surface area (Å²) in [7, 11) is 0. The molecule has 0 bridgehead atoms. The van der Waals surface area contributed by atoms with E-state index < -0.39 is 0 Å². The highest BCUT2D eigenvalue weighted by Crippen LogP contribution is 2.37. The van der Waals surface area contributed by atoms with Crippen molar-refractivity contribution in [2.75, 3.05) is 6.54 Å². The first kappa shape index (κ1) is 16.6. The predicted octanol–water partition coefficient (Wildman–Crippen LogP) is 3.59. The van der Waals surface area contributed by atoms with Gasteiger partial charge in [-0.2, -0.15) is 5.10 Å². The number of aromatic nitrogens is 3. The number of aryl methyl sites for hydroxylation is 2. The molecule has 1 amide bonds. The SMILES string of the molecule is Cc1cc(-c2cn[nH]c2C2CCCN2C(=O)Cc2ccccc2C)on1. The van der Waals surface area contributed by atoms with Crippen molar-refractivity contribution in [3.63, 3.8) is 0 Å². The molecule has 6 nitrogen and oxygen atoms in total. The lowest BCUT2D eigenvalue weighted by atomic mass is 10.0. The first-order valence-corrected chi connectivity index (χ1v) is 8.94. The zero-order valence-electron chi connectivity index (χ0n) is 15.0. The van der Waals surface area contributed by atoms with E-state index in [0.29, 0.717) is 12.2 Å². The molecule has 4 rings (SSSR count). The average molecular weight is 350 g/mol. The van der Waals surface area contributed by atoms with Gasteiger partial charge in [0.25, 0.3) is 0 Å². The summed E-state index contributed by atoms with van der Waals surface area (Å²) in [6.07, 6.45) is 4.07. The van der Waals surface area contributed by atoms with Gasteiger partial charge in [-0.05, 0) is 37.8 Å². The Morgan fingerprint density at radius 2 is 2.19 bits per heavy atom. The van der Waals surface area contributed by atoms with E-state index in [-0.39, 0.29) is 11.9 Å². The molecule has 6 heteroatoms. The predicted molar refractivity (Wildman–Crippen MR) is 97.4 cm³/mol. The number of hydrogen-bond donors (Lipinski definition) is 1. The van der Waals surface area contributed by atoms with Crippen LogP contribution in [-0.2, 0) is 11.2 Å². The van der Waals surface area contributed by atoms with E-state index in [1.165, 1.54) is 0 Å². The lowest BCUT2D eigenvalue weighted by Gasteiger charge is -2.25. The van der Waals surface area contributed by atoms with Gasteiger partial charge in [-0.1, -0.05) is 29.4 Å². The molecule has 1 N–H and O–H groups in total. The van der Waals surface area contributed by atoms with E-state index in [0.717, 1.165) is 47.5 Å². The summed E-state index contributed by atoms with van der Waals surface area (Å²) >= 11 is 0. The van der Waals surface area contributed by atoms with Crippen molar-refractivity contribution in [1.29, 1.82) is 0 Å². The summed E-state index contributed by atoms with van der Waals surface area (Å²) in [6.45, 7) is 4.70. The van der Waals surface area contributed by atoms with Gasteiger partial charge in [0.1, 0.15) is 0 Å². The number of nitrogens with zero attached hydrogens (tertiary/aromatic N) is 3. The number of H-pyrrole nitrogens is 1. The standard InChI is InChI=1S/C20H22N4O2/c1-13-6-3-4-7-15(13)11-19(25)24-9-5-8-17(24)20-16(12-21-22-20)18-10-14(2)23-26-18/h3-4,6-7,10,12,17H,5,8-9,11H2,1-2H3,(H,21,22). The van der Waals surface area contributed by atoms with Crippen LogP contribution in [0.5, 0.6) is 0 Å². The van der Waals surface area contributed by atoms with Crippen LogP contribution in [0, 0.1) is 13.8 Å². The molecule has 3 aromatic rings. The molecule has 1 aromatic carbocycles. The van der Waals surface area contributed by atoms with Crippen LogP contribution >= 0.6 is 0 Å². The molecular weight excluding hydrogens is 328 g/mol. The van der Waals surface area contributed by atoms with E-state index >= 15 is 0 Å². The van der Waals surface area contributed by atoms with E-state index in [4.69, 9.17) is 4.52 Å². The molecule has 134 valence electrons. The summed E-state index contributed by atoms with van der Waals surface area (Å²) in [4.78, 5) is 14.9. The third-order valence-corrected chi connectivity index (χ3v) is 5.07. The Morgan fingerprint density at radius 3 is 2.96 bits per heavy atom. The number of hydrogen-bond acceptors (Lipinski definition) is 4. The zero-order valence-corrected chi connectivity index (χ0v) is 15.0. The minimum Gasteiger partial charge on any atom is -0.356 e. The van der Waals surface area contributed by atoms with Gasteiger partial charge in [-0.15, -0.1) is 0 Å². The Bertz CT molecular complexity index is 927. The molecule has 0 saturated carbocycles. The number of aromatic amines is 1. The van der Waals surface area contributed by atoms with Gasteiger partial charge >= 0.3 is 0 Å². The molecule has 2 aromatic heterocycles. The molecule has 0 aliphatic carbocycles. The Hall–Kier alpha value is -2.89. The molecule has 1 aliphatic heterocycles. The molecule has 26 heavy (non-hydrogen) atoms. The van der Waals surface area contributed by atoms with Gasteiger partial charge in [-0.25, -0.2) is 0 Å². The van der Waals surface area contributed by atoms with Crippen LogP contribution in [0.2, 0.25) is 0 Å². The van der Waals surface area contributed by atoms with E-state index in [2.05, 4.69) is 15.4 Å². The highest BCUT2D eigenvalue weighted by Gasteiger charge is 2.33. The van der Waals surface area contributed by atoms with Crippen LogP contribution in [0.3, 0.4) is 0 Å². The molecule has 1 unspecified atom stereocenters. The van der Waals surface area contributed by atoms with E-state index in [1.807, 2.05) is 49.1 Å². The van der Waals surface area contributed by atoms with Gasteiger partial charge in [0.15, 0.2) is 5.76 Å². The van der Waals surface area contributed by atoms with Gasteiger partial charge < -0.3 is 9.42 Å². The minimum absolute atomic E-state index is 0.00516. The third-order valence-electron chi connectivity index (χ3n) is 5.07. The van der Waals surface area contributed by atoms with E-state index in [1.54, 1.807) is 6.20 Å². The zero-order chi connectivity index (χ0) is 18.1. The van der Waals surface area contributed by atoms with Crippen molar-refractivity contribution >= 4 is 5.91 Å². The van der Waals surface area contributed by atoms with Gasteiger partial charge in [0.2, 0.25) is 5.91 Å². The summed E-state index contributed by atoms with van der Waals surface area (Å²) in [6, 6.07) is 9.94.